The summed E-state index contributed by atoms with van der Waals surface area (Å²) >= 11 is 3.11. The Kier molecular flexibility index (Phi) is 20.6. The number of hydrogen-bond acceptors (Lipinski definition) is 13. The standard InChI is InChI=1S/C14H9F3O3S2.C13H10OS.C8H5F6NO4S2.CH2O3.2K.H/c1-8-6-11-12(20-22(18,19)14(15,16)17)7-9-4-2-3-5-10(9)13(11)21-8;1-8-6-11-12(14)7-9-4-2-3-5-10(9)13(11)15-8;9-7(10,11)20(16,17)15(6-4-2-1-3-5-6)21(18,19)8(12,13)14;2-1-4-3;;;/h2-7H,1H3;2-7,14H,1H3;1-5H;1,3H;;;/q;;;;2*+1;-1/p-1. The molecule has 0 aliphatic rings. The number of fused-ring (bicyclic) bond motifs is 6. The molecule has 336 valence electrons. The van der Waals surface area contributed by atoms with Crippen LogP contribution in [-0.2, 0) is 39.8 Å². The van der Waals surface area contributed by atoms with E-state index in [4.69, 9.17) is 10.1 Å². The molecule has 0 bridgehead atoms. The SMILES string of the molecule is Cc1cc2c(O)cc3ccccc3c2s1.Cc1cc2c(OS(=O)(=O)C(F)(F)F)cc3ccccc3c2s1.O=CO[O-].O=S(=O)(N(c1ccccc1)S(=O)(=O)C(F)(F)F)C(F)(F)F.[H-].[K+].[K+]. The van der Waals surface area contributed by atoms with Gasteiger partial charge in [0.05, 0.1) is 5.69 Å². The summed E-state index contributed by atoms with van der Waals surface area (Å²) in [5.74, 6) is 0.0726. The molecule has 1 N–H and O–H groups in total. The van der Waals surface area contributed by atoms with Gasteiger partial charge in [0.2, 0.25) is 0 Å². The third-order valence-corrected chi connectivity index (χ3v) is 14.5. The number of aryl methyl sites for hydroxylation is 2. The molecule has 2 heterocycles. The minimum Gasteiger partial charge on any atom is -1.00 e. The van der Waals surface area contributed by atoms with Crippen molar-refractivity contribution < 1.29 is 193 Å². The van der Waals surface area contributed by atoms with E-state index in [1.807, 2.05) is 42.5 Å². The fraction of sp³-hybridized carbons (Fsp3) is 0.139. The van der Waals surface area contributed by atoms with Crippen molar-refractivity contribution in [2.45, 2.75) is 30.4 Å². The number of para-hydroxylation sites is 1. The smallest absolute Gasteiger partial charge is 1.00 e. The van der Waals surface area contributed by atoms with Crippen molar-refractivity contribution in [1.82, 2.24) is 0 Å². The van der Waals surface area contributed by atoms with Crippen molar-refractivity contribution in [2.75, 3.05) is 3.71 Å². The second kappa shape index (κ2) is 22.8. The Morgan fingerprint density at radius 2 is 1.00 bits per heavy atom. The Labute approximate surface area is 452 Å². The van der Waals surface area contributed by atoms with Crippen molar-refractivity contribution in [1.29, 1.82) is 0 Å². The zero-order chi connectivity index (χ0) is 46.6. The number of benzene rings is 5. The van der Waals surface area contributed by atoms with Crippen molar-refractivity contribution in [3.63, 3.8) is 0 Å². The van der Waals surface area contributed by atoms with E-state index in [2.05, 4.69) is 22.1 Å². The summed E-state index contributed by atoms with van der Waals surface area (Å²) in [4.78, 5) is 13.3. The van der Waals surface area contributed by atoms with Crippen LogP contribution in [0.3, 0.4) is 0 Å². The van der Waals surface area contributed by atoms with Crippen molar-refractivity contribution in [2.24, 2.45) is 0 Å². The molecule has 28 heteroatoms. The maximum absolute atomic E-state index is 12.5. The molecule has 0 spiro atoms. The number of thiophene rings is 2. The summed E-state index contributed by atoms with van der Waals surface area (Å²) in [6.45, 7) is 3.68. The Morgan fingerprint density at radius 1 is 0.609 bits per heavy atom. The Bertz CT molecular complexity index is 3040. The van der Waals surface area contributed by atoms with Crippen LogP contribution in [0.15, 0.2) is 103 Å². The van der Waals surface area contributed by atoms with Gasteiger partial charge in [0, 0.05) is 29.9 Å². The molecule has 7 aromatic rings. The van der Waals surface area contributed by atoms with E-state index in [0.717, 1.165) is 39.2 Å². The minimum atomic E-state index is -6.81. The van der Waals surface area contributed by atoms with Gasteiger partial charge >= 0.3 is 149 Å². The second-order valence-corrected chi connectivity index (χ2v) is 19.9. The van der Waals surface area contributed by atoms with E-state index in [9.17, 15) is 69.9 Å². The summed E-state index contributed by atoms with van der Waals surface area (Å²) in [6, 6.07) is 25.9. The van der Waals surface area contributed by atoms with Crippen molar-refractivity contribution in [3.8, 4) is 11.5 Å². The summed E-state index contributed by atoms with van der Waals surface area (Å²) < 4.78 is 184. The molecule has 64 heavy (non-hydrogen) atoms. The van der Waals surface area contributed by atoms with E-state index < -0.39 is 56.1 Å². The molecule has 5 aromatic carbocycles. The third kappa shape index (κ3) is 13.3. The topological polar surface area (TPSA) is 184 Å². The second-order valence-electron chi connectivity index (χ2n) is 12.0. The fourth-order valence-corrected chi connectivity index (χ4v) is 10.6. The number of halogens is 9. The van der Waals surface area contributed by atoms with Gasteiger partial charge in [-0.15, -0.1) is 26.4 Å². The zero-order valence-corrected chi connectivity index (χ0v) is 43.1. The first-order chi connectivity index (χ1) is 28.6. The fourth-order valence-electron chi connectivity index (χ4n) is 5.28. The van der Waals surface area contributed by atoms with E-state index in [-0.39, 0.29) is 116 Å². The number of rotatable bonds is 6. The first kappa shape index (κ1) is 58.0. The molecule has 7 rings (SSSR count). The van der Waals surface area contributed by atoms with Gasteiger partial charge in [-0.25, -0.2) is 0 Å². The van der Waals surface area contributed by atoms with Gasteiger partial charge in [-0.05, 0) is 71.8 Å². The van der Waals surface area contributed by atoms with Gasteiger partial charge in [0.25, 0.3) is 6.47 Å². The van der Waals surface area contributed by atoms with Crippen LogP contribution in [0.5, 0.6) is 11.5 Å². The summed E-state index contributed by atoms with van der Waals surface area (Å²) in [7, 11) is -19.3. The number of anilines is 1. The molecule has 0 aliphatic heterocycles. The van der Waals surface area contributed by atoms with Crippen LogP contribution < -0.4 is 116 Å². The Hall–Kier alpha value is -2.14. The van der Waals surface area contributed by atoms with E-state index >= 15 is 0 Å². The molecule has 0 atom stereocenters. The average Bonchev–Trinajstić information content (AvgIpc) is 3.77. The summed E-state index contributed by atoms with van der Waals surface area (Å²) in [5.41, 5.74) is -19.2. The normalized spacial score (nSPS) is 12.0. The predicted molar refractivity (Wildman–Crippen MR) is 213 cm³/mol. The van der Waals surface area contributed by atoms with E-state index in [1.54, 1.807) is 36.5 Å². The molecular weight excluding hydrogens is 1030 g/mol. The number of carbonyl (C=O) groups is 1. The molecule has 0 unspecified atom stereocenters. The van der Waals surface area contributed by atoms with Crippen molar-refractivity contribution >= 4 is 107 Å². The Morgan fingerprint density at radius 3 is 1.42 bits per heavy atom. The van der Waals surface area contributed by atoms with E-state index in [1.165, 1.54) is 32.4 Å². The molecule has 0 fully saturated rings. The summed E-state index contributed by atoms with van der Waals surface area (Å²) in [6.07, 6.45) is 0. The van der Waals surface area contributed by atoms with Crippen LogP contribution in [0.2, 0.25) is 0 Å². The van der Waals surface area contributed by atoms with Gasteiger partial charge in [0.1, 0.15) is 5.75 Å². The van der Waals surface area contributed by atoms with Crippen LogP contribution >= 0.6 is 22.7 Å². The molecule has 0 saturated carbocycles. The first-order valence-electron chi connectivity index (χ1n) is 16.3. The molecule has 0 saturated heterocycles. The number of phenols is 1. The average molecular weight is 1060 g/mol. The molecule has 2 aromatic heterocycles. The number of alkyl halides is 9. The molecular formula is C36H26F9K2NO11S5. The maximum Gasteiger partial charge on any atom is 1.00 e. The molecule has 0 radical (unpaired) electrons. The third-order valence-electron chi connectivity index (χ3n) is 7.75. The van der Waals surface area contributed by atoms with Gasteiger partial charge in [-0.2, -0.15) is 64.8 Å². The van der Waals surface area contributed by atoms with Gasteiger partial charge in [-0.1, -0.05) is 66.7 Å². The molecule has 0 amide bonds. The first-order valence-corrected chi connectivity index (χ1v) is 22.2. The number of hydrogen-bond donors (Lipinski definition) is 1. The number of sulfonamides is 2. The largest absolute Gasteiger partial charge is 1.00 e. The summed E-state index contributed by atoms with van der Waals surface area (Å²) in [5, 5.41) is 23.4. The molecule has 12 nitrogen and oxygen atoms in total. The number of nitrogens with zero attached hydrogens (tertiary/aromatic N) is 1. The van der Waals surface area contributed by atoms with Gasteiger partial charge in [0.15, 0.2) is 5.75 Å². The number of aromatic hydroxyl groups is 1. The van der Waals surface area contributed by atoms with Crippen LogP contribution in [0.25, 0.3) is 41.7 Å². The van der Waals surface area contributed by atoms with Crippen LogP contribution in [0.1, 0.15) is 11.2 Å². The Balaban J connectivity index is 0.000000463. The number of carbonyl (C=O) groups excluding carboxylic acids is 1. The predicted octanol–water partition coefficient (Wildman–Crippen LogP) is 3.41. The van der Waals surface area contributed by atoms with Crippen LogP contribution in [0, 0.1) is 13.8 Å². The number of phenolic OH excluding ortho intramolecular Hbond substituents is 1. The van der Waals surface area contributed by atoms with Crippen molar-refractivity contribution in [3.05, 3.63) is 113 Å². The van der Waals surface area contributed by atoms with Crippen LogP contribution in [-0.4, -0.2) is 53.4 Å². The molecule has 0 aliphatic carbocycles. The minimum absolute atomic E-state index is 0. The quantitative estimate of drug-likeness (QED) is 0.0490. The van der Waals surface area contributed by atoms with Gasteiger partial charge in [-0.3, -0.25) is 4.79 Å². The van der Waals surface area contributed by atoms with Crippen LogP contribution in [0.4, 0.5) is 45.2 Å². The monoisotopic (exact) mass is 1060 g/mol. The van der Waals surface area contributed by atoms with Gasteiger partial charge < -0.3 is 20.9 Å². The van der Waals surface area contributed by atoms with E-state index in [0.29, 0.717) is 33.4 Å². The zero-order valence-electron chi connectivity index (χ0n) is 33.8. The maximum atomic E-state index is 12.5.